The molecule has 0 spiro atoms. The van der Waals surface area contributed by atoms with Crippen LogP contribution in [0.3, 0.4) is 0 Å². The lowest BCUT2D eigenvalue weighted by molar-refractivity contribution is 0.678. The van der Waals surface area contributed by atoms with Gasteiger partial charge >= 0.3 is 0 Å². The minimum absolute atomic E-state index is 0.389. The fourth-order valence-electron chi connectivity index (χ4n) is 3.55. The zero-order chi connectivity index (χ0) is 14.9. The van der Waals surface area contributed by atoms with Crippen LogP contribution in [0, 0.1) is 11.8 Å². The molecule has 4 rings (SSSR count). The van der Waals surface area contributed by atoms with Gasteiger partial charge in [0.2, 0.25) is 0 Å². The van der Waals surface area contributed by atoms with Crippen molar-refractivity contribution in [3.8, 4) is 0 Å². The Morgan fingerprint density at radius 1 is 0.727 bits per heavy atom. The Labute approximate surface area is 131 Å². The molecular formula is C21H19N. The fraction of sp³-hybridized carbons (Fsp3) is 0.143. The van der Waals surface area contributed by atoms with Crippen LogP contribution in [0.25, 0.3) is 11.3 Å². The van der Waals surface area contributed by atoms with Crippen molar-refractivity contribution in [3.05, 3.63) is 89.3 Å². The highest BCUT2D eigenvalue weighted by atomic mass is 14.9. The van der Waals surface area contributed by atoms with Gasteiger partial charge in [-0.05, 0) is 24.3 Å². The Balaban J connectivity index is 1.96. The van der Waals surface area contributed by atoms with Gasteiger partial charge in [0.15, 0.2) is 0 Å². The molecule has 22 heavy (non-hydrogen) atoms. The Hall–Kier alpha value is -2.54. The van der Waals surface area contributed by atoms with Gasteiger partial charge in [-0.2, -0.15) is 0 Å². The summed E-state index contributed by atoms with van der Waals surface area (Å²) in [7, 11) is 0. The van der Waals surface area contributed by atoms with E-state index in [9.17, 15) is 0 Å². The van der Waals surface area contributed by atoms with E-state index >= 15 is 0 Å². The smallest absolute Gasteiger partial charge is 0.0382 e. The molecule has 2 unspecified atom stereocenters. The summed E-state index contributed by atoms with van der Waals surface area (Å²) < 4.78 is 0. The summed E-state index contributed by atoms with van der Waals surface area (Å²) in [5, 5.41) is 6.36. The van der Waals surface area contributed by atoms with Crippen molar-refractivity contribution in [2.24, 2.45) is 11.8 Å². The Kier molecular flexibility index (Phi) is 3.19. The van der Waals surface area contributed by atoms with Crippen molar-refractivity contribution >= 4 is 17.0 Å². The lowest BCUT2D eigenvalue weighted by Gasteiger charge is -2.32. The van der Waals surface area contributed by atoms with Crippen LogP contribution in [0.4, 0.5) is 5.69 Å². The van der Waals surface area contributed by atoms with Crippen LogP contribution >= 0.6 is 0 Å². The van der Waals surface area contributed by atoms with Gasteiger partial charge in [0.25, 0.3) is 0 Å². The first kappa shape index (κ1) is 13.1. The molecule has 2 aliphatic carbocycles. The Morgan fingerprint density at radius 3 is 2.14 bits per heavy atom. The summed E-state index contributed by atoms with van der Waals surface area (Å²) in [5.74, 6) is 0.839. The summed E-state index contributed by atoms with van der Waals surface area (Å²) in [6.45, 7) is 2.26. The van der Waals surface area contributed by atoms with E-state index < -0.39 is 0 Å². The molecule has 1 heteroatoms. The number of hydrogen-bond acceptors (Lipinski definition) is 1. The maximum Gasteiger partial charge on any atom is 0.0382 e. The van der Waals surface area contributed by atoms with Crippen molar-refractivity contribution < 1.29 is 0 Å². The van der Waals surface area contributed by atoms with Crippen molar-refractivity contribution in [2.45, 2.75) is 6.92 Å². The summed E-state index contributed by atoms with van der Waals surface area (Å²) in [5.41, 5.74) is 3.91. The molecule has 0 aromatic heterocycles. The molecule has 0 saturated heterocycles. The quantitative estimate of drug-likeness (QED) is 0.891. The van der Waals surface area contributed by atoms with Gasteiger partial charge in [-0.15, -0.1) is 0 Å². The zero-order valence-electron chi connectivity index (χ0n) is 12.7. The molecular weight excluding hydrogens is 266 g/mol. The van der Waals surface area contributed by atoms with Gasteiger partial charge in [-0.1, -0.05) is 72.3 Å². The molecule has 0 amide bonds. The molecule has 0 fully saturated rings. The van der Waals surface area contributed by atoms with E-state index in [1.165, 1.54) is 21.7 Å². The minimum atomic E-state index is 0.389. The number of allylic oxidation sites excluding steroid dienone is 3. The molecule has 1 N–H and O–H groups in total. The van der Waals surface area contributed by atoms with Crippen LogP contribution in [0.5, 0.6) is 0 Å². The minimum Gasteiger partial charge on any atom is -0.358 e. The standard InChI is InChI=1S/C21H19N/c1-15-17-11-5-7-13-19(17)21(20-14-8-6-12-18(15)20)22-16-9-3-2-4-10-16/h2-14,17,19,22H,1H3. The van der Waals surface area contributed by atoms with Crippen molar-refractivity contribution in [3.63, 3.8) is 0 Å². The second-order valence-corrected chi connectivity index (χ2v) is 5.95. The molecule has 108 valence electrons. The van der Waals surface area contributed by atoms with E-state index in [0.29, 0.717) is 11.8 Å². The largest absolute Gasteiger partial charge is 0.358 e. The Bertz CT molecular complexity index is 872. The molecule has 2 aromatic rings. The molecule has 2 atom stereocenters. The maximum atomic E-state index is 3.68. The highest BCUT2D eigenvalue weighted by Gasteiger charge is 2.28. The van der Waals surface area contributed by atoms with Gasteiger partial charge in [0.05, 0.1) is 0 Å². The number of para-hydroxylation sites is 1. The third-order valence-corrected chi connectivity index (χ3v) is 4.66. The molecule has 0 aliphatic heterocycles. The second kappa shape index (κ2) is 5.34. The van der Waals surface area contributed by atoms with E-state index in [2.05, 4.69) is 91.1 Å². The first-order valence-electron chi connectivity index (χ1n) is 7.82. The van der Waals surface area contributed by atoms with E-state index in [1.807, 2.05) is 0 Å². The normalized spacial score (nSPS) is 22.2. The molecule has 0 radical (unpaired) electrons. The molecule has 2 aromatic carbocycles. The van der Waals surface area contributed by atoms with Crippen molar-refractivity contribution in [1.82, 2.24) is 0 Å². The van der Waals surface area contributed by atoms with Gasteiger partial charge in [-0.25, -0.2) is 0 Å². The van der Waals surface area contributed by atoms with Crippen LogP contribution in [0.15, 0.2) is 78.9 Å². The van der Waals surface area contributed by atoms with Gasteiger partial charge < -0.3 is 5.32 Å². The third-order valence-electron chi connectivity index (χ3n) is 4.66. The van der Waals surface area contributed by atoms with Gasteiger partial charge in [0.1, 0.15) is 0 Å². The predicted octanol–water partition coefficient (Wildman–Crippen LogP) is 3.45. The second-order valence-electron chi connectivity index (χ2n) is 5.95. The van der Waals surface area contributed by atoms with Gasteiger partial charge in [-0.3, -0.25) is 0 Å². The SMILES string of the molecule is CC1=c2ccccc2=C(Nc2ccccc2)C2C=CC=CC12. The molecule has 0 bridgehead atoms. The van der Waals surface area contributed by atoms with Crippen LogP contribution in [0.2, 0.25) is 0 Å². The summed E-state index contributed by atoms with van der Waals surface area (Å²) >= 11 is 0. The number of benzene rings is 2. The van der Waals surface area contributed by atoms with Crippen molar-refractivity contribution in [2.75, 3.05) is 5.32 Å². The van der Waals surface area contributed by atoms with Gasteiger partial charge in [0, 0.05) is 28.4 Å². The molecule has 0 heterocycles. The summed E-state index contributed by atoms with van der Waals surface area (Å²) in [4.78, 5) is 0. The molecule has 2 aliphatic rings. The summed E-state index contributed by atoms with van der Waals surface area (Å²) in [6, 6.07) is 19.2. The number of nitrogens with one attached hydrogen (secondary N) is 1. The monoisotopic (exact) mass is 285 g/mol. The third kappa shape index (κ3) is 2.10. The highest BCUT2D eigenvalue weighted by Crippen LogP contribution is 2.34. The lowest BCUT2D eigenvalue weighted by atomic mass is 9.76. The van der Waals surface area contributed by atoms with E-state index in [-0.39, 0.29) is 0 Å². The average molecular weight is 285 g/mol. The van der Waals surface area contributed by atoms with Crippen molar-refractivity contribution in [1.29, 1.82) is 0 Å². The van der Waals surface area contributed by atoms with E-state index in [4.69, 9.17) is 0 Å². The Morgan fingerprint density at radius 2 is 1.36 bits per heavy atom. The topological polar surface area (TPSA) is 12.0 Å². The molecule has 0 saturated carbocycles. The maximum absolute atomic E-state index is 3.68. The zero-order valence-corrected chi connectivity index (χ0v) is 12.7. The summed E-state index contributed by atoms with van der Waals surface area (Å²) in [6.07, 6.45) is 8.96. The van der Waals surface area contributed by atoms with E-state index in [0.717, 1.165) is 5.69 Å². The first-order valence-corrected chi connectivity index (χ1v) is 7.82. The van der Waals surface area contributed by atoms with Crippen LogP contribution in [-0.4, -0.2) is 0 Å². The fourth-order valence-corrected chi connectivity index (χ4v) is 3.55. The van der Waals surface area contributed by atoms with E-state index in [1.54, 1.807) is 0 Å². The number of hydrogen-bond donors (Lipinski definition) is 1. The number of rotatable bonds is 2. The number of fused-ring (bicyclic) bond motifs is 2. The van der Waals surface area contributed by atoms with Crippen LogP contribution in [0.1, 0.15) is 6.92 Å². The lowest BCUT2D eigenvalue weighted by Crippen LogP contribution is -2.40. The number of anilines is 1. The molecule has 1 nitrogen and oxygen atoms in total. The highest BCUT2D eigenvalue weighted by molar-refractivity contribution is 5.73. The van der Waals surface area contributed by atoms with Crippen LogP contribution < -0.4 is 15.8 Å². The average Bonchev–Trinajstić information content (AvgIpc) is 2.59. The first-order chi connectivity index (χ1) is 10.8. The van der Waals surface area contributed by atoms with Crippen LogP contribution in [-0.2, 0) is 0 Å². The predicted molar refractivity (Wildman–Crippen MR) is 93.5 cm³/mol.